The molecule has 0 amide bonds. The number of aromatic nitrogens is 2. The van der Waals surface area contributed by atoms with Crippen LogP contribution in [0.15, 0.2) is 97.3 Å². The minimum absolute atomic E-state index is 0. The quantitative estimate of drug-likeness (QED) is 0.130. The molecular formula is C41H37FIrN2SSi-2. The summed E-state index contributed by atoms with van der Waals surface area (Å²) in [4.78, 5) is 8.90. The van der Waals surface area contributed by atoms with Gasteiger partial charge in [0.05, 0.1) is 14.3 Å². The van der Waals surface area contributed by atoms with Gasteiger partial charge in [-0.15, -0.1) is 59.2 Å². The molecule has 0 saturated carbocycles. The Balaban J connectivity index is 0.000000204. The van der Waals surface area contributed by atoms with Crippen molar-refractivity contribution < 1.29 is 28.6 Å². The zero-order valence-electron chi connectivity index (χ0n) is 30.3. The smallest absolute Gasteiger partial charge is 0.147 e. The molecule has 0 spiro atoms. The summed E-state index contributed by atoms with van der Waals surface area (Å²) in [7, 11) is -1.34. The van der Waals surface area contributed by atoms with Crippen molar-refractivity contribution in [3.05, 3.63) is 138 Å². The van der Waals surface area contributed by atoms with Gasteiger partial charge in [-0.1, -0.05) is 86.0 Å². The molecule has 0 aliphatic carbocycles. The van der Waals surface area contributed by atoms with Crippen LogP contribution in [0.5, 0.6) is 0 Å². The van der Waals surface area contributed by atoms with Crippen LogP contribution in [0.25, 0.3) is 53.8 Å². The van der Waals surface area contributed by atoms with Crippen molar-refractivity contribution in [1.82, 2.24) is 9.97 Å². The molecule has 3 aromatic heterocycles. The van der Waals surface area contributed by atoms with Gasteiger partial charge in [0, 0.05) is 40.7 Å². The summed E-state index contributed by atoms with van der Waals surface area (Å²) in [6.07, 6.45) is 3.26. The maximum absolute atomic E-state index is 14.8. The molecule has 4 aromatic carbocycles. The number of hydrogen-bond donors (Lipinski definition) is 0. The van der Waals surface area contributed by atoms with Gasteiger partial charge in [0.1, 0.15) is 5.82 Å². The number of aryl methyl sites for hydroxylation is 4. The Morgan fingerprint density at radius 1 is 0.787 bits per heavy atom. The largest absolute Gasteiger partial charge is 0.305 e. The Morgan fingerprint density at radius 3 is 2.19 bits per heavy atom. The standard InChI is InChI=1S/C26H19FNS.C15H18NSi.Ir/c1-15-11-16(2)25(17(3)12-15)21-13-23(28-14-22(21)27)20-9-6-8-19-18-7-4-5-10-24(18)29-26(19)20;1-12-5-7-13(8-6-12)15-10-9-14(11-16-15)17(2,3)4;/h4-8,10-14H,1-3H3;5-7,9-11H,1-4H3;/q2*-1;/i;1D3;. The first kappa shape index (κ1) is 30.5. The minimum Gasteiger partial charge on any atom is -0.305 e. The van der Waals surface area contributed by atoms with Crippen molar-refractivity contribution in [2.75, 3.05) is 0 Å². The summed E-state index contributed by atoms with van der Waals surface area (Å²) < 4.78 is 39.3. The Hall–Kier alpha value is -3.80. The van der Waals surface area contributed by atoms with E-state index in [4.69, 9.17) is 4.11 Å². The maximum Gasteiger partial charge on any atom is 0.147 e. The molecule has 7 rings (SSSR count). The molecule has 0 saturated heterocycles. The van der Waals surface area contributed by atoms with Crippen LogP contribution in [-0.4, -0.2) is 18.0 Å². The molecule has 2 nitrogen and oxygen atoms in total. The number of benzene rings is 4. The van der Waals surface area contributed by atoms with Crippen molar-refractivity contribution in [3.8, 4) is 33.6 Å². The molecule has 0 aliphatic heterocycles. The molecule has 0 fully saturated rings. The molecule has 7 aromatic rings. The van der Waals surface area contributed by atoms with E-state index in [2.05, 4.69) is 97.2 Å². The van der Waals surface area contributed by atoms with Crippen LogP contribution >= 0.6 is 11.3 Å². The molecule has 6 heteroatoms. The van der Waals surface area contributed by atoms with Crippen molar-refractivity contribution in [2.45, 2.75) is 47.3 Å². The van der Waals surface area contributed by atoms with Gasteiger partial charge in [-0.25, -0.2) is 4.39 Å². The number of hydrogen-bond acceptors (Lipinski definition) is 3. The van der Waals surface area contributed by atoms with E-state index in [1.807, 2.05) is 38.2 Å². The monoisotopic (exact) mass is 832 g/mol. The molecule has 0 bridgehead atoms. The second kappa shape index (κ2) is 14.1. The van der Waals surface area contributed by atoms with E-state index in [0.717, 1.165) is 43.9 Å². The summed E-state index contributed by atoms with van der Waals surface area (Å²) in [5.74, 6) is -0.299. The van der Waals surface area contributed by atoms with E-state index < -0.39 is 14.9 Å². The molecule has 0 unspecified atom stereocenters. The summed E-state index contributed by atoms with van der Waals surface area (Å²) in [6.45, 7) is 10.9. The predicted octanol–water partition coefficient (Wildman–Crippen LogP) is 11.0. The number of halogens is 1. The number of fused-ring (bicyclic) bond motifs is 3. The fourth-order valence-electron chi connectivity index (χ4n) is 5.83. The van der Waals surface area contributed by atoms with Crippen LogP contribution in [0.4, 0.5) is 4.39 Å². The van der Waals surface area contributed by atoms with Crippen LogP contribution in [-0.2, 0) is 20.1 Å². The van der Waals surface area contributed by atoms with Crippen LogP contribution in [0.3, 0.4) is 0 Å². The van der Waals surface area contributed by atoms with E-state index in [0.29, 0.717) is 11.1 Å². The number of thiophene rings is 1. The SMILES string of the molecule is Cc1cc(C)c(-c2cc(-c3[c-]ccc4c3sc3ccccc34)ncc2F)c(C)c1.[2H]C([2H])([2H])c1c[c-]c(-c2ccc([Si](C)(C)C)cn2)cc1.[Ir]. The van der Waals surface area contributed by atoms with Crippen LogP contribution < -0.4 is 5.19 Å². The average molecular weight is 832 g/mol. The van der Waals surface area contributed by atoms with E-state index in [-0.39, 0.29) is 25.9 Å². The average Bonchev–Trinajstić information content (AvgIpc) is 3.44. The van der Waals surface area contributed by atoms with Gasteiger partial charge in [0.15, 0.2) is 0 Å². The van der Waals surface area contributed by atoms with Crippen LogP contribution in [0.2, 0.25) is 19.6 Å². The molecule has 1 radical (unpaired) electrons. The number of nitrogens with zero attached hydrogens (tertiary/aromatic N) is 2. The summed E-state index contributed by atoms with van der Waals surface area (Å²) in [5, 5.41) is 3.73. The Kier molecular flexibility index (Phi) is 9.18. The first-order valence-electron chi connectivity index (χ1n) is 16.8. The predicted molar refractivity (Wildman–Crippen MR) is 197 cm³/mol. The zero-order valence-corrected chi connectivity index (χ0v) is 31.5. The number of pyridine rings is 2. The van der Waals surface area contributed by atoms with Gasteiger partial charge in [0.2, 0.25) is 0 Å². The van der Waals surface area contributed by atoms with E-state index in [1.165, 1.54) is 38.5 Å². The van der Waals surface area contributed by atoms with Gasteiger partial charge in [0.25, 0.3) is 0 Å². The molecular weight excluding hydrogens is 792 g/mol. The van der Waals surface area contributed by atoms with E-state index in [9.17, 15) is 4.39 Å². The summed E-state index contributed by atoms with van der Waals surface area (Å²) in [6, 6.07) is 33.8. The minimum atomic E-state index is -2.08. The Bertz CT molecular complexity index is 2220. The third-order valence-corrected chi connectivity index (χ3v) is 11.3. The van der Waals surface area contributed by atoms with E-state index >= 15 is 0 Å². The van der Waals surface area contributed by atoms with Gasteiger partial charge in [-0.05, 0) is 70.2 Å². The van der Waals surface area contributed by atoms with Gasteiger partial charge < -0.3 is 9.97 Å². The molecule has 0 N–H and O–H groups in total. The van der Waals surface area contributed by atoms with Gasteiger partial charge in [-0.3, -0.25) is 0 Å². The molecule has 3 heterocycles. The topological polar surface area (TPSA) is 25.8 Å². The van der Waals surface area contributed by atoms with Crippen LogP contribution in [0, 0.1) is 45.6 Å². The normalized spacial score (nSPS) is 12.4. The third kappa shape index (κ3) is 7.37. The third-order valence-electron chi connectivity index (χ3n) is 8.11. The zero-order chi connectivity index (χ0) is 35.1. The maximum atomic E-state index is 14.8. The Morgan fingerprint density at radius 2 is 1.53 bits per heavy atom. The van der Waals surface area contributed by atoms with Gasteiger partial charge >= 0.3 is 0 Å². The van der Waals surface area contributed by atoms with Gasteiger partial charge in [-0.2, -0.15) is 11.3 Å². The van der Waals surface area contributed by atoms with Crippen molar-refractivity contribution >= 4 is 44.8 Å². The molecule has 0 aliphatic rings. The summed E-state index contributed by atoms with van der Waals surface area (Å²) >= 11 is 1.73. The van der Waals surface area contributed by atoms with Crippen molar-refractivity contribution in [2.24, 2.45) is 0 Å². The second-order valence-electron chi connectivity index (χ2n) is 12.7. The Labute approximate surface area is 300 Å². The summed E-state index contributed by atoms with van der Waals surface area (Å²) in [5.41, 5.74) is 8.48. The van der Waals surface area contributed by atoms with Crippen LogP contribution in [0.1, 0.15) is 26.4 Å². The van der Waals surface area contributed by atoms with Crippen molar-refractivity contribution in [1.29, 1.82) is 0 Å². The fraction of sp³-hybridized carbons (Fsp3) is 0.171. The van der Waals surface area contributed by atoms with Crippen molar-refractivity contribution in [3.63, 3.8) is 0 Å². The fourth-order valence-corrected chi connectivity index (χ4v) is 8.08. The second-order valence-corrected chi connectivity index (χ2v) is 18.8. The molecule has 47 heavy (non-hydrogen) atoms. The molecule has 0 atom stereocenters. The first-order chi connectivity index (χ1) is 23.2. The molecule has 239 valence electrons. The number of rotatable bonds is 4. The van der Waals surface area contributed by atoms with E-state index in [1.54, 1.807) is 23.5 Å². The first-order valence-corrected chi connectivity index (χ1v) is 19.6.